The SMILES string of the molecule is COc1cnccc1[C@H](C)NC1CCN(Cc2cccnc2)CC1. The number of hydrogen-bond acceptors (Lipinski definition) is 5. The fourth-order valence-corrected chi connectivity index (χ4v) is 3.37. The number of rotatable bonds is 6. The van der Waals surface area contributed by atoms with Gasteiger partial charge in [-0.15, -0.1) is 0 Å². The second kappa shape index (κ2) is 8.22. The smallest absolute Gasteiger partial charge is 0.141 e. The van der Waals surface area contributed by atoms with Crippen LogP contribution in [0.5, 0.6) is 5.75 Å². The molecule has 2 aromatic heterocycles. The summed E-state index contributed by atoms with van der Waals surface area (Å²) in [5, 5.41) is 3.75. The first-order valence-corrected chi connectivity index (χ1v) is 8.61. The number of ether oxygens (including phenoxy) is 1. The monoisotopic (exact) mass is 326 g/mol. The molecule has 1 atom stereocenters. The number of likely N-dealkylation sites (tertiary alicyclic amines) is 1. The van der Waals surface area contributed by atoms with E-state index in [0.29, 0.717) is 6.04 Å². The summed E-state index contributed by atoms with van der Waals surface area (Å²) in [6.07, 6.45) is 9.73. The van der Waals surface area contributed by atoms with Gasteiger partial charge in [0.05, 0.1) is 13.3 Å². The van der Waals surface area contributed by atoms with Crippen LogP contribution in [0.1, 0.15) is 36.9 Å². The van der Waals surface area contributed by atoms with Crippen molar-refractivity contribution in [3.05, 3.63) is 54.1 Å². The van der Waals surface area contributed by atoms with Crippen LogP contribution in [0.25, 0.3) is 0 Å². The quantitative estimate of drug-likeness (QED) is 0.884. The molecular formula is C19H26N4O. The van der Waals surface area contributed by atoms with Crippen molar-refractivity contribution >= 4 is 0 Å². The van der Waals surface area contributed by atoms with Crippen molar-refractivity contribution < 1.29 is 4.74 Å². The van der Waals surface area contributed by atoms with Crippen molar-refractivity contribution in [3.8, 4) is 5.75 Å². The highest BCUT2D eigenvalue weighted by Crippen LogP contribution is 2.25. The Hall–Kier alpha value is -1.98. The Labute approximate surface area is 144 Å². The Morgan fingerprint density at radius 2 is 2.00 bits per heavy atom. The second-order valence-electron chi connectivity index (χ2n) is 6.42. The van der Waals surface area contributed by atoms with Crippen LogP contribution in [-0.4, -0.2) is 41.1 Å². The Balaban J connectivity index is 1.50. The zero-order chi connectivity index (χ0) is 16.8. The molecule has 0 amide bonds. The third kappa shape index (κ3) is 4.30. The molecule has 1 saturated heterocycles. The van der Waals surface area contributed by atoms with E-state index in [1.165, 1.54) is 11.1 Å². The van der Waals surface area contributed by atoms with E-state index in [1.54, 1.807) is 13.3 Å². The zero-order valence-electron chi connectivity index (χ0n) is 14.5. The average molecular weight is 326 g/mol. The number of nitrogens with zero attached hydrogens (tertiary/aromatic N) is 3. The maximum Gasteiger partial charge on any atom is 0.141 e. The van der Waals surface area contributed by atoms with E-state index in [0.717, 1.165) is 38.2 Å². The number of methoxy groups -OCH3 is 1. The molecular weight excluding hydrogens is 300 g/mol. The van der Waals surface area contributed by atoms with Gasteiger partial charge in [-0.3, -0.25) is 14.9 Å². The first kappa shape index (κ1) is 16.9. The molecule has 3 rings (SSSR count). The van der Waals surface area contributed by atoms with E-state index < -0.39 is 0 Å². The largest absolute Gasteiger partial charge is 0.495 e. The van der Waals surface area contributed by atoms with Crippen LogP contribution in [0, 0.1) is 0 Å². The summed E-state index contributed by atoms with van der Waals surface area (Å²) in [5.41, 5.74) is 2.46. The summed E-state index contributed by atoms with van der Waals surface area (Å²) in [6, 6.07) is 7.00. The molecule has 2 aromatic rings. The van der Waals surface area contributed by atoms with Gasteiger partial charge in [0.25, 0.3) is 0 Å². The molecule has 0 bridgehead atoms. The fourth-order valence-electron chi connectivity index (χ4n) is 3.37. The first-order valence-electron chi connectivity index (χ1n) is 8.61. The molecule has 24 heavy (non-hydrogen) atoms. The van der Waals surface area contributed by atoms with Gasteiger partial charge in [0, 0.05) is 42.8 Å². The maximum atomic E-state index is 5.42. The normalized spacial score (nSPS) is 17.6. The van der Waals surface area contributed by atoms with Gasteiger partial charge in [-0.25, -0.2) is 0 Å². The number of pyridine rings is 2. The molecule has 5 heteroatoms. The molecule has 0 saturated carbocycles. The lowest BCUT2D eigenvalue weighted by Crippen LogP contribution is -2.43. The minimum atomic E-state index is 0.262. The molecule has 0 aliphatic carbocycles. The lowest BCUT2D eigenvalue weighted by molar-refractivity contribution is 0.185. The highest BCUT2D eigenvalue weighted by Gasteiger charge is 2.22. The van der Waals surface area contributed by atoms with Gasteiger partial charge in [-0.05, 0) is 50.6 Å². The molecule has 0 radical (unpaired) electrons. The fraction of sp³-hybridized carbons (Fsp3) is 0.474. The second-order valence-corrected chi connectivity index (χ2v) is 6.42. The maximum absolute atomic E-state index is 5.42. The molecule has 0 unspecified atom stereocenters. The Morgan fingerprint density at radius 3 is 2.71 bits per heavy atom. The van der Waals surface area contributed by atoms with Crippen LogP contribution in [0.4, 0.5) is 0 Å². The Morgan fingerprint density at radius 1 is 1.21 bits per heavy atom. The predicted octanol–water partition coefficient (Wildman–Crippen LogP) is 2.80. The van der Waals surface area contributed by atoms with E-state index >= 15 is 0 Å². The number of nitrogens with one attached hydrogen (secondary N) is 1. The summed E-state index contributed by atoms with van der Waals surface area (Å²) in [5.74, 6) is 0.853. The highest BCUT2D eigenvalue weighted by atomic mass is 16.5. The van der Waals surface area contributed by atoms with Gasteiger partial charge >= 0.3 is 0 Å². The van der Waals surface area contributed by atoms with Crippen molar-refractivity contribution in [1.82, 2.24) is 20.2 Å². The molecule has 0 aromatic carbocycles. The van der Waals surface area contributed by atoms with E-state index in [-0.39, 0.29) is 6.04 Å². The minimum Gasteiger partial charge on any atom is -0.495 e. The van der Waals surface area contributed by atoms with Crippen molar-refractivity contribution in [2.45, 2.75) is 38.4 Å². The topological polar surface area (TPSA) is 50.3 Å². The molecule has 0 spiro atoms. The third-order valence-electron chi connectivity index (χ3n) is 4.71. The lowest BCUT2D eigenvalue weighted by Gasteiger charge is -2.34. The van der Waals surface area contributed by atoms with Gasteiger partial charge in [-0.2, -0.15) is 0 Å². The number of aromatic nitrogens is 2. The van der Waals surface area contributed by atoms with Crippen LogP contribution in [0.2, 0.25) is 0 Å². The third-order valence-corrected chi connectivity index (χ3v) is 4.71. The molecule has 1 N–H and O–H groups in total. The Bertz CT molecular complexity index is 626. The standard InChI is InChI=1S/C19H26N4O/c1-15(18-5-9-21-13-19(18)24-2)22-17-6-10-23(11-7-17)14-16-4-3-8-20-12-16/h3-5,8-9,12-13,15,17,22H,6-7,10-11,14H2,1-2H3/t15-/m0/s1. The van der Waals surface area contributed by atoms with E-state index in [2.05, 4.69) is 33.2 Å². The lowest BCUT2D eigenvalue weighted by atomic mass is 10.0. The highest BCUT2D eigenvalue weighted by molar-refractivity contribution is 5.32. The van der Waals surface area contributed by atoms with E-state index in [1.807, 2.05) is 30.7 Å². The Kier molecular flexibility index (Phi) is 5.77. The van der Waals surface area contributed by atoms with Crippen LogP contribution in [0.15, 0.2) is 43.0 Å². The number of hydrogen-bond donors (Lipinski definition) is 1. The van der Waals surface area contributed by atoms with E-state index in [9.17, 15) is 0 Å². The van der Waals surface area contributed by atoms with Gasteiger partial charge < -0.3 is 10.1 Å². The molecule has 1 aliphatic heterocycles. The summed E-state index contributed by atoms with van der Waals surface area (Å²) in [7, 11) is 1.70. The van der Waals surface area contributed by atoms with Crippen LogP contribution in [0.3, 0.4) is 0 Å². The van der Waals surface area contributed by atoms with Crippen molar-refractivity contribution in [1.29, 1.82) is 0 Å². The molecule has 1 aliphatic rings. The van der Waals surface area contributed by atoms with Crippen molar-refractivity contribution in [2.75, 3.05) is 20.2 Å². The van der Waals surface area contributed by atoms with Gasteiger partial charge in [-0.1, -0.05) is 6.07 Å². The van der Waals surface area contributed by atoms with Gasteiger partial charge in [0.1, 0.15) is 5.75 Å². The minimum absolute atomic E-state index is 0.262. The van der Waals surface area contributed by atoms with Crippen LogP contribution >= 0.6 is 0 Å². The number of piperidine rings is 1. The summed E-state index contributed by atoms with van der Waals surface area (Å²) in [6.45, 7) is 5.42. The predicted molar refractivity (Wildman–Crippen MR) is 94.9 cm³/mol. The summed E-state index contributed by atoms with van der Waals surface area (Å²) < 4.78 is 5.42. The van der Waals surface area contributed by atoms with E-state index in [4.69, 9.17) is 4.74 Å². The van der Waals surface area contributed by atoms with Gasteiger partial charge in [0.2, 0.25) is 0 Å². The summed E-state index contributed by atoms with van der Waals surface area (Å²) >= 11 is 0. The van der Waals surface area contributed by atoms with Crippen LogP contribution in [-0.2, 0) is 6.54 Å². The molecule has 3 heterocycles. The van der Waals surface area contributed by atoms with Crippen molar-refractivity contribution in [2.24, 2.45) is 0 Å². The average Bonchev–Trinajstić information content (AvgIpc) is 2.64. The van der Waals surface area contributed by atoms with Crippen LogP contribution < -0.4 is 10.1 Å². The molecule has 128 valence electrons. The summed E-state index contributed by atoms with van der Waals surface area (Å²) in [4.78, 5) is 10.8. The van der Waals surface area contributed by atoms with Crippen molar-refractivity contribution in [3.63, 3.8) is 0 Å². The van der Waals surface area contributed by atoms with Gasteiger partial charge in [0.15, 0.2) is 0 Å². The first-order chi connectivity index (χ1) is 11.8. The molecule has 1 fully saturated rings. The molecule has 5 nitrogen and oxygen atoms in total. The zero-order valence-corrected chi connectivity index (χ0v) is 14.5.